The van der Waals surface area contributed by atoms with Gasteiger partial charge in [-0.15, -0.1) is 0 Å². The molecule has 5 heteroatoms. The van der Waals surface area contributed by atoms with Crippen molar-refractivity contribution in [2.75, 3.05) is 0 Å². The molecule has 0 aliphatic rings. The first-order valence-electron chi connectivity index (χ1n) is 12.0. The second kappa shape index (κ2) is 18.7. The zero-order valence-corrected chi connectivity index (χ0v) is 22.7. The van der Waals surface area contributed by atoms with Gasteiger partial charge >= 0.3 is 29.6 Å². The molecule has 0 fully saturated rings. The molecule has 0 amide bonds. The quantitative estimate of drug-likeness (QED) is 0.186. The fourth-order valence-corrected chi connectivity index (χ4v) is 4.46. The molecule has 3 nitrogen and oxygen atoms in total. The molecule has 0 aliphatic carbocycles. The van der Waals surface area contributed by atoms with E-state index >= 15 is 0 Å². The van der Waals surface area contributed by atoms with Crippen molar-refractivity contribution in [2.45, 2.75) is 128 Å². The maximum Gasteiger partial charge on any atom is 1.00 e. The number of hydrogen-bond donors (Lipinski definition) is 0. The molecule has 1 aromatic rings. The van der Waals surface area contributed by atoms with Crippen molar-refractivity contribution in [1.82, 2.24) is 0 Å². The summed E-state index contributed by atoms with van der Waals surface area (Å²) >= 11 is 0. The van der Waals surface area contributed by atoms with Crippen molar-refractivity contribution in [3.05, 3.63) is 29.3 Å². The third-order valence-corrected chi connectivity index (χ3v) is 6.74. The van der Waals surface area contributed by atoms with E-state index in [1.165, 1.54) is 102 Å². The van der Waals surface area contributed by atoms with Crippen molar-refractivity contribution in [3.8, 4) is 0 Å². The molecule has 1 aromatic carbocycles. The average Bonchev–Trinajstić information content (AvgIpc) is 2.68. The summed E-state index contributed by atoms with van der Waals surface area (Å²) in [6.45, 7) is 4.25. The van der Waals surface area contributed by atoms with E-state index in [1.54, 1.807) is 12.1 Å². The second-order valence-corrected chi connectivity index (χ2v) is 9.98. The van der Waals surface area contributed by atoms with Gasteiger partial charge in [-0.2, -0.15) is 0 Å². The Balaban J connectivity index is 0.00000841. The van der Waals surface area contributed by atoms with E-state index in [4.69, 9.17) is 0 Å². The van der Waals surface area contributed by atoms with Crippen LogP contribution in [0.3, 0.4) is 0 Å². The van der Waals surface area contributed by atoms with Gasteiger partial charge in [0.15, 0.2) is 0 Å². The molecule has 0 bridgehead atoms. The summed E-state index contributed by atoms with van der Waals surface area (Å²) in [5.41, 5.74) is 2.06. The van der Waals surface area contributed by atoms with Crippen LogP contribution in [0.15, 0.2) is 23.1 Å². The van der Waals surface area contributed by atoms with Crippen LogP contribution < -0.4 is 29.6 Å². The molecular formula is C25H43NaO3S. The van der Waals surface area contributed by atoms with Crippen LogP contribution in [-0.4, -0.2) is 13.0 Å². The minimum absolute atomic E-state index is 0. The first-order valence-corrected chi connectivity index (χ1v) is 13.4. The Hall–Kier alpha value is 0.130. The normalized spacial score (nSPS) is 11.4. The maximum absolute atomic E-state index is 11.2. The molecule has 0 aliphatic heterocycles. The van der Waals surface area contributed by atoms with Crippen LogP contribution in [0, 0.1) is 6.92 Å². The smallest absolute Gasteiger partial charge is 0.744 e. The Kier molecular flexibility index (Phi) is 18.8. The zero-order chi connectivity index (χ0) is 21.4. The number of hydrogen-bond acceptors (Lipinski definition) is 3. The van der Waals surface area contributed by atoms with E-state index in [0.29, 0.717) is 0 Å². The predicted octanol–water partition coefficient (Wildman–Crippen LogP) is 4.71. The fourth-order valence-electron chi connectivity index (χ4n) is 3.94. The van der Waals surface area contributed by atoms with Crippen LogP contribution in [0.25, 0.3) is 0 Å². The molecule has 0 N–H and O–H groups in total. The summed E-state index contributed by atoms with van der Waals surface area (Å²) in [5, 5.41) is 0. The number of unbranched alkanes of at least 4 members (excludes halogenated alkanes) is 15. The standard InChI is InChI=1S/C25H44O3S.Na/c1-3-4-5-6-7-8-9-10-11-12-13-14-15-16-17-18-19-24-22-25(29(26,27)28)21-20-23(24)2;/h20-22H,3-19H2,1-2H3,(H,26,27,28);/q;+1/p-1. The van der Waals surface area contributed by atoms with E-state index < -0.39 is 10.1 Å². The van der Waals surface area contributed by atoms with Crippen molar-refractivity contribution in [3.63, 3.8) is 0 Å². The van der Waals surface area contributed by atoms with Crippen molar-refractivity contribution >= 4 is 10.1 Å². The molecule has 30 heavy (non-hydrogen) atoms. The van der Waals surface area contributed by atoms with Crippen LogP contribution in [-0.2, 0) is 16.5 Å². The van der Waals surface area contributed by atoms with Crippen LogP contribution >= 0.6 is 0 Å². The Morgan fingerprint density at radius 3 is 1.50 bits per heavy atom. The molecule has 0 radical (unpaired) electrons. The monoisotopic (exact) mass is 446 g/mol. The molecular weight excluding hydrogens is 403 g/mol. The van der Waals surface area contributed by atoms with Crippen molar-refractivity contribution in [2.24, 2.45) is 0 Å². The Morgan fingerprint density at radius 2 is 1.10 bits per heavy atom. The third kappa shape index (κ3) is 15.0. The summed E-state index contributed by atoms with van der Waals surface area (Å²) in [5.74, 6) is 0. The predicted molar refractivity (Wildman–Crippen MR) is 122 cm³/mol. The molecule has 168 valence electrons. The van der Waals surface area contributed by atoms with Crippen LogP contribution in [0.5, 0.6) is 0 Å². The van der Waals surface area contributed by atoms with E-state index in [1.807, 2.05) is 6.92 Å². The molecule has 0 aromatic heterocycles. The summed E-state index contributed by atoms with van der Waals surface area (Å²) in [6, 6.07) is 4.71. The summed E-state index contributed by atoms with van der Waals surface area (Å²) < 4.78 is 33.5. The summed E-state index contributed by atoms with van der Waals surface area (Å²) in [4.78, 5) is -0.102. The van der Waals surface area contributed by atoms with Gasteiger partial charge in [-0.05, 0) is 43.0 Å². The van der Waals surface area contributed by atoms with Crippen molar-refractivity contribution in [1.29, 1.82) is 0 Å². The van der Waals surface area contributed by atoms with Crippen molar-refractivity contribution < 1.29 is 42.5 Å². The largest absolute Gasteiger partial charge is 1.00 e. The molecule has 0 unspecified atom stereocenters. The van der Waals surface area contributed by atoms with Gasteiger partial charge in [0.05, 0.1) is 4.90 Å². The Morgan fingerprint density at radius 1 is 0.700 bits per heavy atom. The van der Waals surface area contributed by atoms with E-state index in [-0.39, 0.29) is 34.5 Å². The van der Waals surface area contributed by atoms with Crippen LogP contribution in [0.4, 0.5) is 0 Å². The molecule has 1 rings (SSSR count). The van der Waals surface area contributed by atoms with Gasteiger partial charge in [-0.1, -0.05) is 109 Å². The first-order chi connectivity index (χ1) is 13.9. The van der Waals surface area contributed by atoms with E-state index in [2.05, 4.69) is 6.92 Å². The maximum atomic E-state index is 11.2. The topological polar surface area (TPSA) is 57.2 Å². The van der Waals surface area contributed by atoms with Gasteiger partial charge in [0, 0.05) is 0 Å². The zero-order valence-electron chi connectivity index (χ0n) is 19.9. The second-order valence-electron chi connectivity index (χ2n) is 8.60. The molecule has 0 heterocycles. The SMILES string of the molecule is CCCCCCCCCCCCCCCCCCc1cc(S(=O)(=O)[O-])ccc1C.[Na+]. The first kappa shape index (κ1) is 30.1. The van der Waals surface area contributed by atoms with Crippen LogP contribution in [0.1, 0.15) is 121 Å². The molecule has 0 saturated heterocycles. The van der Waals surface area contributed by atoms with E-state index in [9.17, 15) is 13.0 Å². The van der Waals surface area contributed by atoms with Gasteiger partial charge in [-0.25, -0.2) is 8.42 Å². The number of aryl methyl sites for hydroxylation is 2. The average molecular weight is 447 g/mol. The molecule has 0 saturated carbocycles. The Bertz CT molecular complexity index is 644. The summed E-state index contributed by atoms with van der Waals surface area (Å²) in [7, 11) is -4.35. The van der Waals surface area contributed by atoms with Gasteiger partial charge in [-0.3, -0.25) is 0 Å². The van der Waals surface area contributed by atoms with Gasteiger partial charge in [0.1, 0.15) is 10.1 Å². The summed E-state index contributed by atoms with van der Waals surface area (Å²) in [6.07, 6.45) is 22.4. The van der Waals surface area contributed by atoms with Crippen LogP contribution in [0.2, 0.25) is 0 Å². The molecule has 0 atom stereocenters. The van der Waals surface area contributed by atoms with Gasteiger partial charge in [0.2, 0.25) is 0 Å². The number of rotatable bonds is 18. The van der Waals surface area contributed by atoms with Gasteiger partial charge in [0.25, 0.3) is 0 Å². The molecule has 0 spiro atoms. The minimum atomic E-state index is -4.35. The van der Waals surface area contributed by atoms with Gasteiger partial charge < -0.3 is 4.55 Å². The fraction of sp³-hybridized carbons (Fsp3) is 0.760. The third-order valence-electron chi connectivity index (χ3n) is 5.91. The van der Waals surface area contributed by atoms with E-state index in [0.717, 1.165) is 24.0 Å². The number of benzene rings is 1. The Labute approximate surface area is 208 Å². The minimum Gasteiger partial charge on any atom is -0.744 e.